The number of rotatable bonds is 3. The van der Waals surface area contributed by atoms with Crippen LogP contribution in [0.1, 0.15) is 11.1 Å². The summed E-state index contributed by atoms with van der Waals surface area (Å²) in [6.45, 7) is 1.97. The maximum Gasteiger partial charge on any atom is 0.170 e. The lowest BCUT2D eigenvalue weighted by Crippen LogP contribution is -2.15. The number of aromatic hydroxyl groups is 1. The SMILES string of the molecule is Cc1cc(/C(N)=N/O)c(-c2ccccc2)c(-c2ccc(O)cc2)c1. The first-order chi connectivity index (χ1) is 11.6. The highest BCUT2D eigenvalue weighted by molar-refractivity contribution is 6.06. The van der Waals surface area contributed by atoms with Gasteiger partial charge in [-0.1, -0.05) is 53.7 Å². The Labute approximate surface area is 140 Å². The third kappa shape index (κ3) is 2.94. The molecule has 0 bridgehead atoms. The van der Waals surface area contributed by atoms with E-state index in [1.54, 1.807) is 12.1 Å². The molecule has 0 atom stereocenters. The molecule has 0 fully saturated rings. The van der Waals surface area contributed by atoms with Crippen molar-refractivity contribution in [3.05, 3.63) is 77.9 Å². The van der Waals surface area contributed by atoms with Gasteiger partial charge in [-0.05, 0) is 47.4 Å². The molecular formula is C20H18N2O2. The van der Waals surface area contributed by atoms with Gasteiger partial charge < -0.3 is 16.0 Å². The maximum absolute atomic E-state index is 9.55. The van der Waals surface area contributed by atoms with Crippen molar-refractivity contribution >= 4 is 5.84 Å². The lowest BCUT2D eigenvalue weighted by Gasteiger charge is -2.16. The molecule has 0 saturated carbocycles. The van der Waals surface area contributed by atoms with Crippen molar-refractivity contribution in [2.75, 3.05) is 0 Å². The zero-order chi connectivity index (χ0) is 17.1. The minimum absolute atomic E-state index is 0.0672. The topological polar surface area (TPSA) is 78.8 Å². The van der Waals surface area contributed by atoms with E-state index in [-0.39, 0.29) is 11.6 Å². The molecule has 0 heterocycles. The summed E-state index contributed by atoms with van der Waals surface area (Å²) in [6, 6.07) is 20.8. The molecule has 3 aromatic rings. The average molecular weight is 318 g/mol. The number of aryl methyl sites for hydroxylation is 1. The third-order valence-corrected chi connectivity index (χ3v) is 3.91. The summed E-state index contributed by atoms with van der Waals surface area (Å²) in [5.41, 5.74) is 11.4. The lowest BCUT2D eigenvalue weighted by atomic mass is 9.88. The number of hydrogen-bond acceptors (Lipinski definition) is 3. The van der Waals surface area contributed by atoms with Crippen molar-refractivity contribution < 1.29 is 10.3 Å². The molecule has 120 valence electrons. The van der Waals surface area contributed by atoms with Crippen molar-refractivity contribution in [2.45, 2.75) is 6.92 Å². The summed E-state index contributed by atoms with van der Waals surface area (Å²) >= 11 is 0. The Bertz CT molecular complexity index is 886. The van der Waals surface area contributed by atoms with Crippen LogP contribution in [0.2, 0.25) is 0 Å². The second-order valence-corrected chi connectivity index (χ2v) is 5.63. The Hall–Kier alpha value is -3.27. The van der Waals surface area contributed by atoms with Crippen LogP contribution < -0.4 is 5.73 Å². The standard InChI is InChI=1S/C20H18N2O2/c1-13-11-17(14-7-9-16(23)10-8-14)19(15-5-3-2-4-6-15)18(12-13)20(21)22-24/h2-12,23-24H,1H3,(H2,21,22). The van der Waals surface area contributed by atoms with Gasteiger partial charge in [0.1, 0.15) is 5.75 Å². The second-order valence-electron chi connectivity index (χ2n) is 5.63. The normalized spacial score (nSPS) is 11.5. The smallest absolute Gasteiger partial charge is 0.170 e. The second kappa shape index (κ2) is 6.46. The highest BCUT2D eigenvalue weighted by Crippen LogP contribution is 2.36. The molecule has 24 heavy (non-hydrogen) atoms. The number of amidine groups is 1. The first-order valence-corrected chi connectivity index (χ1v) is 7.57. The fraction of sp³-hybridized carbons (Fsp3) is 0.0500. The molecule has 0 aliphatic carbocycles. The van der Waals surface area contributed by atoms with Crippen molar-refractivity contribution in [1.29, 1.82) is 0 Å². The molecular weight excluding hydrogens is 300 g/mol. The van der Waals surface area contributed by atoms with Gasteiger partial charge in [-0.15, -0.1) is 0 Å². The predicted molar refractivity (Wildman–Crippen MR) is 96.2 cm³/mol. The quantitative estimate of drug-likeness (QED) is 0.294. The van der Waals surface area contributed by atoms with E-state index < -0.39 is 0 Å². The van der Waals surface area contributed by atoms with E-state index in [0.717, 1.165) is 27.8 Å². The van der Waals surface area contributed by atoms with Gasteiger partial charge in [0.2, 0.25) is 0 Å². The van der Waals surface area contributed by atoms with Crippen LogP contribution >= 0.6 is 0 Å². The van der Waals surface area contributed by atoms with Gasteiger partial charge in [-0.25, -0.2) is 0 Å². The molecule has 0 aliphatic heterocycles. The third-order valence-electron chi connectivity index (χ3n) is 3.91. The number of phenolic OH excluding ortho intramolecular Hbond substituents is 1. The molecule has 0 amide bonds. The molecule has 0 spiro atoms. The van der Waals surface area contributed by atoms with Gasteiger partial charge in [0.25, 0.3) is 0 Å². The van der Waals surface area contributed by atoms with Crippen LogP contribution in [0, 0.1) is 6.92 Å². The molecule has 4 N–H and O–H groups in total. The minimum Gasteiger partial charge on any atom is -0.508 e. The van der Waals surface area contributed by atoms with Crippen LogP contribution in [0.15, 0.2) is 71.9 Å². The van der Waals surface area contributed by atoms with Gasteiger partial charge in [0, 0.05) is 11.1 Å². The van der Waals surface area contributed by atoms with E-state index in [4.69, 9.17) is 5.73 Å². The van der Waals surface area contributed by atoms with Crippen LogP contribution in [0.4, 0.5) is 0 Å². The first-order valence-electron chi connectivity index (χ1n) is 7.57. The number of benzene rings is 3. The highest BCUT2D eigenvalue weighted by atomic mass is 16.4. The number of oxime groups is 1. The zero-order valence-corrected chi connectivity index (χ0v) is 13.3. The molecule has 3 rings (SSSR count). The molecule has 0 aromatic heterocycles. The number of phenols is 1. The summed E-state index contributed by atoms with van der Waals surface area (Å²) in [5.74, 6) is 0.280. The predicted octanol–water partition coefficient (Wildman–Crippen LogP) is 4.13. The first kappa shape index (κ1) is 15.6. The molecule has 0 unspecified atom stereocenters. The zero-order valence-electron chi connectivity index (χ0n) is 13.3. The molecule has 4 heteroatoms. The van der Waals surface area contributed by atoms with Crippen molar-refractivity contribution in [3.63, 3.8) is 0 Å². The summed E-state index contributed by atoms with van der Waals surface area (Å²) in [6.07, 6.45) is 0. The van der Waals surface area contributed by atoms with E-state index in [2.05, 4.69) is 11.2 Å². The van der Waals surface area contributed by atoms with Crippen molar-refractivity contribution in [3.8, 4) is 28.0 Å². The fourth-order valence-electron chi connectivity index (χ4n) is 2.83. The van der Waals surface area contributed by atoms with Crippen LogP contribution in [-0.4, -0.2) is 16.1 Å². The lowest BCUT2D eigenvalue weighted by molar-refractivity contribution is 0.318. The molecule has 0 aliphatic rings. The van der Waals surface area contributed by atoms with E-state index in [1.165, 1.54) is 0 Å². The Morgan fingerprint density at radius 3 is 2.21 bits per heavy atom. The summed E-state index contributed by atoms with van der Waals surface area (Å²) < 4.78 is 0. The van der Waals surface area contributed by atoms with Crippen LogP contribution in [0.3, 0.4) is 0 Å². The molecule has 3 aromatic carbocycles. The van der Waals surface area contributed by atoms with Crippen LogP contribution in [0.25, 0.3) is 22.3 Å². The van der Waals surface area contributed by atoms with Crippen molar-refractivity contribution in [1.82, 2.24) is 0 Å². The van der Waals surface area contributed by atoms with Gasteiger partial charge >= 0.3 is 0 Å². The largest absolute Gasteiger partial charge is 0.508 e. The van der Waals surface area contributed by atoms with Gasteiger partial charge in [-0.3, -0.25) is 0 Å². The summed E-state index contributed by atoms with van der Waals surface area (Å²) in [5, 5.41) is 21.9. The van der Waals surface area contributed by atoms with Gasteiger partial charge in [-0.2, -0.15) is 0 Å². The Morgan fingerprint density at radius 2 is 1.58 bits per heavy atom. The van der Waals surface area contributed by atoms with Crippen LogP contribution in [0.5, 0.6) is 5.75 Å². The number of nitrogens with zero attached hydrogens (tertiary/aromatic N) is 1. The number of hydrogen-bond donors (Lipinski definition) is 3. The Kier molecular flexibility index (Phi) is 4.20. The molecule has 0 saturated heterocycles. The Balaban J connectivity index is 2.35. The molecule has 0 radical (unpaired) electrons. The fourth-order valence-corrected chi connectivity index (χ4v) is 2.83. The van der Waals surface area contributed by atoms with Gasteiger partial charge in [0.15, 0.2) is 5.84 Å². The summed E-state index contributed by atoms with van der Waals surface area (Å²) in [4.78, 5) is 0. The highest BCUT2D eigenvalue weighted by Gasteiger charge is 2.16. The van der Waals surface area contributed by atoms with Crippen LogP contribution in [-0.2, 0) is 0 Å². The monoisotopic (exact) mass is 318 g/mol. The summed E-state index contributed by atoms with van der Waals surface area (Å²) in [7, 11) is 0. The van der Waals surface area contributed by atoms with E-state index in [0.29, 0.717) is 5.56 Å². The maximum atomic E-state index is 9.55. The average Bonchev–Trinajstić information content (AvgIpc) is 2.61. The van der Waals surface area contributed by atoms with Gasteiger partial charge in [0.05, 0.1) is 0 Å². The molecule has 4 nitrogen and oxygen atoms in total. The van der Waals surface area contributed by atoms with E-state index >= 15 is 0 Å². The van der Waals surface area contributed by atoms with Crippen molar-refractivity contribution in [2.24, 2.45) is 10.9 Å². The van der Waals surface area contributed by atoms with E-state index in [9.17, 15) is 10.3 Å². The Morgan fingerprint density at radius 1 is 0.917 bits per heavy atom. The van der Waals surface area contributed by atoms with E-state index in [1.807, 2.05) is 55.5 Å². The minimum atomic E-state index is 0.0672. The number of nitrogens with two attached hydrogens (primary N) is 1.